The zero-order valence-corrected chi connectivity index (χ0v) is 6.37. The molecule has 0 radical (unpaired) electrons. The van der Waals surface area contributed by atoms with Crippen LogP contribution >= 0.6 is 0 Å². The fourth-order valence-electron chi connectivity index (χ4n) is 0.817. The Bertz CT molecular complexity index is 292. The molecular formula is C7H11N3O. The van der Waals surface area contributed by atoms with Gasteiger partial charge in [0.05, 0.1) is 0 Å². The molecule has 3 N–H and O–H groups in total. The normalized spacial score (nSPS) is 10.0. The summed E-state index contributed by atoms with van der Waals surface area (Å²) in [6.07, 6.45) is 1.72. The van der Waals surface area contributed by atoms with E-state index in [-0.39, 0.29) is 5.56 Å². The van der Waals surface area contributed by atoms with Gasteiger partial charge in [-0.2, -0.15) is 0 Å². The third kappa shape index (κ3) is 1.89. The summed E-state index contributed by atoms with van der Waals surface area (Å²) in [5, 5.41) is 0. The number of hydrogen-bond donors (Lipinski definition) is 2. The van der Waals surface area contributed by atoms with Gasteiger partial charge in [-0.05, 0) is 11.6 Å². The minimum Gasteiger partial charge on any atom is -0.319 e. The number of hydrogen-bond acceptors (Lipinski definition) is 3. The lowest BCUT2D eigenvalue weighted by Gasteiger charge is -2.00. The SMILES string of the molecule is Cn1ccc(CNN)cc1=O. The third-order valence-electron chi connectivity index (χ3n) is 1.47. The summed E-state index contributed by atoms with van der Waals surface area (Å²) in [7, 11) is 1.71. The van der Waals surface area contributed by atoms with Crippen LogP contribution in [0.2, 0.25) is 0 Å². The summed E-state index contributed by atoms with van der Waals surface area (Å²) in [5.74, 6) is 5.09. The Labute approximate surface area is 64.6 Å². The number of hydrazine groups is 1. The van der Waals surface area contributed by atoms with E-state index in [1.807, 2.05) is 6.07 Å². The Kier molecular flexibility index (Phi) is 2.40. The highest BCUT2D eigenvalue weighted by molar-refractivity contribution is 5.10. The largest absolute Gasteiger partial charge is 0.319 e. The van der Waals surface area contributed by atoms with Crippen molar-refractivity contribution in [1.29, 1.82) is 0 Å². The second-order valence-corrected chi connectivity index (χ2v) is 2.37. The second-order valence-electron chi connectivity index (χ2n) is 2.37. The van der Waals surface area contributed by atoms with Crippen molar-refractivity contribution in [2.75, 3.05) is 0 Å². The zero-order valence-electron chi connectivity index (χ0n) is 6.37. The summed E-state index contributed by atoms with van der Waals surface area (Å²) in [5.41, 5.74) is 3.37. The van der Waals surface area contributed by atoms with Gasteiger partial charge in [-0.1, -0.05) is 0 Å². The minimum absolute atomic E-state index is 0.0160. The van der Waals surface area contributed by atoms with Crippen LogP contribution in [0, 0.1) is 0 Å². The quantitative estimate of drug-likeness (QED) is 0.438. The van der Waals surface area contributed by atoms with Crippen molar-refractivity contribution in [2.24, 2.45) is 12.9 Å². The maximum absolute atomic E-state index is 11.0. The van der Waals surface area contributed by atoms with Crippen LogP contribution in [-0.2, 0) is 13.6 Å². The molecule has 0 aliphatic heterocycles. The molecule has 0 aliphatic carbocycles. The van der Waals surface area contributed by atoms with Gasteiger partial charge in [0.1, 0.15) is 0 Å². The van der Waals surface area contributed by atoms with Crippen LogP contribution < -0.4 is 16.8 Å². The summed E-state index contributed by atoms with van der Waals surface area (Å²) < 4.78 is 1.51. The van der Waals surface area contributed by atoms with Gasteiger partial charge in [0, 0.05) is 25.9 Å². The number of nitrogens with one attached hydrogen (secondary N) is 1. The van der Waals surface area contributed by atoms with Crippen molar-refractivity contribution in [3.63, 3.8) is 0 Å². The first kappa shape index (κ1) is 7.97. The van der Waals surface area contributed by atoms with Crippen molar-refractivity contribution < 1.29 is 0 Å². The van der Waals surface area contributed by atoms with Gasteiger partial charge < -0.3 is 4.57 Å². The van der Waals surface area contributed by atoms with E-state index in [0.717, 1.165) is 5.56 Å². The molecule has 4 heteroatoms. The van der Waals surface area contributed by atoms with Crippen LogP contribution in [-0.4, -0.2) is 4.57 Å². The van der Waals surface area contributed by atoms with Crippen molar-refractivity contribution in [1.82, 2.24) is 9.99 Å². The summed E-state index contributed by atoms with van der Waals surface area (Å²) >= 11 is 0. The minimum atomic E-state index is -0.0160. The summed E-state index contributed by atoms with van der Waals surface area (Å²) in [6.45, 7) is 0.524. The molecule has 4 nitrogen and oxygen atoms in total. The van der Waals surface area contributed by atoms with Gasteiger partial charge in [-0.15, -0.1) is 0 Å². The number of nitrogens with zero attached hydrogens (tertiary/aromatic N) is 1. The topological polar surface area (TPSA) is 60.1 Å². The van der Waals surface area contributed by atoms with Crippen molar-refractivity contribution in [3.8, 4) is 0 Å². The lowest BCUT2D eigenvalue weighted by Crippen LogP contribution is -2.23. The molecule has 0 amide bonds. The van der Waals surface area contributed by atoms with Crippen LogP contribution in [0.3, 0.4) is 0 Å². The number of pyridine rings is 1. The number of aromatic nitrogens is 1. The highest BCUT2D eigenvalue weighted by Gasteiger charge is 1.92. The molecule has 11 heavy (non-hydrogen) atoms. The maximum atomic E-state index is 11.0. The monoisotopic (exact) mass is 153 g/mol. The molecule has 1 aromatic heterocycles. The standard InChI is InChI=1S/C7H11N3O/c1-10-3-2-6(5-9-8)4-7(10)11/h2-4,9H,5,8H2,1H3. The molecule has 1 rings (SSSR count). The molecule has 0 bridgehead atoms. The van der Waals surface area contributed by atoms with Gasteiger partial charge in [0.25, 0.3) is 5.56 Å². The molecule has 0 atom stereocenters. The van der Waals surface area contributed by atoms with Crippen LogP contribution in [0.4, 0.5) is 0 Å². The van der Waals surface area contributed by atoms with E-state index in [2.05, 4.69) is 5.43 Å². The van der Waals surface area contributed by atoms with Crippen LogP contribution in [0.1, 0.15) is 5.56 Å². The highest BCUT2D eigenvalue weighted by Crippen LogP contribution is 1.91. The Morgan fingerprint density at radius 3 is 3.00 bits per heavy atom. The molecule has 0 saturated carbocycles. The van der Waals surface area contributed by atoms with E-state index in [1.54, 1.807) is 19.3 Å². The van der Waals surface area contributed by atoms with E-state index >= 15 is 0 Å². The number of aryl methyl sites for hydroxylation is 1. The van der Waals surface area contributed by atoms with Gasteiger partial charge in [0.2, 0.25) is 0 Å². The molecule has 0 fully saturated rings. The summed E-state index contributed by atoms with van der Waals surface area (Å²) in [6, 6.07) is 3.40. The predicted octanol–water partition coefficient (Wildman–Crippen LogP) is -0.651. The molecule has 1 heterocycles. The number of rotatable bonds is 2. The average Bonchev–Trinajstić information content (AvgIpc) is 1.98. The van der Waals surface area contributed by atoms with E-state index in [4.69, 9.17) is 5.84 Å². The molecule has 0 spiro atoms. The first-order chi connectivity index (χ1) is 5.24. The lowest BCUT2D eigenvalue weighted by atomic mass is 10.3. The third-order valence-corrected chi connectivity index (χ3v) is 1.47. The Morgan fingerprint density at radius 2 is 2.45 bits per heavy atom. The van der Waals surface area contributed by atoms with Crippen LogP contribution in [0.25, 0.3) is 0 Å². The fourth-order valence-corrected chi connectivity index (χ4v) is 0.817. The predicted molar refractivity (Wildman–Crippen MR) is 42.7 cm³/mol. The van der Waals surface area contributed by atoms with E-state index < -0.39 is 0 Å². The maximum Gasteiger partial charge on any atom is 0.250 e. The van der Waals surface area contributed by atoms with Gasteiger partial charge >= 0.3 is 0 Å². The van der Waals surface area contributed by atoms with Crippen molar-refractivity contribution in [3.05, 3.63) is 34.2 Å². The van der Waals surface area contributed by atoms with E-state index in [1.165, 1.54) is 4.57 Å². The van der Waals surface area contributed by atoms with Gasteiger partial charge in [0.15, 0.2) is 0 Å². The van der Waals surface area contributed by atoms with Crippen molar-refractivity contribution >= 4 is 0 Å². The lowest BCUT2D eigenvalue weighted by molar-refractivity contribution is 0.733. The Hall–Kier alpha value is -1.13. The molecule has 0 aromatic carbocycles. The van der Waals surface area contributed by atoms with Gasteiger partial charge in [-0.25, -0.2) is 0 Å². The van der Waals surface area contributed by atoms with Crippen molar-refractivity contribution in [2.45, 2.75) is 6.54 Å². The highest BCUT2D eigenvalue weighted by atomic mass is 16.1. The first-order valence-corrected chi connectivity index (χ1v) is 3.33. The van der Waals surface area contributed by atoms with Crippen LogP contribution in [0.15, 0.2) is 23.1 Å². The van der Waals surface area contributed by atoms with Crippen LogP contribution in [0.5, 0.6) is 0 Å². The van der Waals surface area contributed by atoms with Gasteiger partial charge in [-0.3, -0.25) is 16.1 Å². The zero-order chi connectivity index (χ0) is 8.27. The summed E-state index contributed by atoms with van der Waals surface area (Å²) in [4.78, 5) is 11.0. The fraction of sp³-hybridized carbons (Fsp3) is 0.286. The molecule has 0 aliphatic rings. The molecule has 1 aromatic rings. The average molecular weight is 153 g/mol. The second kappa shape index (κ2) is 3.32. The Balaban J connectivity index is 2.96. The number of nitrogens with two attached hydrogens (primary N) is 1. The molecule has 60 valence electrons. The Morgan fingerprint density at radius 1 is 1.73 bits per heavy atom. The first-order valence-electron chi connectivity index (χ1n) is 3.33. The smallest absolute Gasteiger partial charge is 0.250 e. The molecule has 0 saturated heterocycles. The molecule has 0 unspecified atom stereocenters. The van der Waals surface area contributed by atoms with E-state index in [0.29, 0.717) is 6.54 Å². The van der Waals surface area contributed by atoms with E-state index in [9.17, 15) is 4.79 Å². The molecular weight excluding hydrogens is 142 g/mol.